The second kappa shape index (κ2) is 6.47. The van der Waals surface area contributed by atoms with Crippen LogP contribution in [0.15, 0.2) is 48.5 Å². The van der Waals surface area contributed by atoms with Gasteiger partial charge in [0.15, 0.2) is 6.61 Å². The molecule has 0 heterocycles. The van der Waals surface area contributed by atoms with E-state index in [1.165, 1.54) is 9.13 Å². The van der Waals surface area contributed by atoms with E-state index < -0.39 is 0 Å². The number of ether oxygens (including phenoxy) is 1. The first-order valence-electron chi connectivity index (χ1n) is 6.99. The Hall–Kier alpha value is -1.56. The molecule has 2 aromatic carbocycles. The van der Waals surface area contributed by atoms with Crippen LogP contribution < -0.4 is 10.1 Å². The van der Waals surface area contributed by atoms with E-state index in [1.54, 1.807) is 0 Å². The summed E-state index contributed by atoms with van der Waals surface area (Å²) >= 11 is 2.29. The van der Waals surface area contributed by atoms with Crippen LogP contribution in [0.3, 0.4) is 0 Å². The molecule has 0 aromatic heterocycles. The molecule has 1 saturated carbocycles. The van der Waals surface area contributed by atoms with Crippen LogP contribution in [-0.4, -0.2) is 18.6 Å². The van der Waals surface area contributed by atoms with E-state index in [-0.39, 0.29) is 12.5 Å². The van der Waals surface area contributed by atoms with Crippen LogP contribution in [0.4, 0.5) is 0 Å². The van der Waals surface area contributed by atoms with E-state index in [1.807, 2.05) is 24.3 Å². The van der Waals surface area contributed by atoms with E-state index in [0.717, 1.165) is 24.2 Å². The lowest BCUT2D eigenvalue weighted by Crippen LogP contribution is -2.30. The van der Waals surface area contributed by atoms with Crippen LogP contribution in [0, 0.1) is 3.57 Å². The molecule has 0 spiro atoms. The van der Waals surface area contributed by atoms with Gasteiger partial charge in [0.25, 0.3) is 5.91 Å². The molecule has 0 atom stereocenters. The minimum absolute atomic E-state index is 0.0424. The number of carbonyl (C=O) groups excluding carboxylic acids is 1. The van der Waals surface area contributed by atoms with Crippen molar-refractivity contribution in [2.75, 3.05) is 6.61 Å². The van der Waals surface area contributed by atoms with Crippen LogP contribution in [0.5, 0.6) is 5.75 Å². The number of nitrogens with one attached hydrogen (secondary N) is 1. The van der Waals surface area contributed by atoms with Gasteiger partial charge >= 0.3 is 0 Å². The Labute approximate surface area is 137 Å². The van der Waals surface area contributed by atoms with E-state index in [0.29, 0.717) is 6.04 Å². The van der Waals surface area contributed by atoms with Crippen LogP contribution in [0.1, 0.15) is 12.8 Å². The summed E-state index contributed by atoms with van der Waals surface area (Å²) in [5, 5.41) is 2.90. The molecular weight excluding hydrogens is 377 g/mol. The molecule has 3 nitrogen and oxygen atoms in total. The first kappa shape index (κ1) is 14.4. The molecule has 0 radical (unpaired) electrons. The molecular formula is C17H16INO2. The second-order valence-corrected chi connectivity index (χ2v) is 6.41. The van der Waals surface area contributed by atoms with Crippen molar-refractivity contribution in [3.8, 4) is 16.9 Å². The number of benzene rings is 2. The smallest absolute Gasteiger partial charge is 0.258 e. The summed E-state index contributed by atoms with van der Waals surface area (Å²) in [5.74, 6) is 0.675. The fourth-order valence-corrected chi connectivity index (χ4v) is 2.39. The molecule has 1 N–H and O–H groups in total. The van der Waals surface area contributed by atoms with Gasteiger partial charge in [-0.1, -0.05) is 24.3 Å². The first-order valence-corrected chi connectivity index (χ1v) is 8.07. The number of halogens is 1. The zero-order chi connectivity index (χ0) is 14.7. The van der Waals surface area contributed by atoms with Gasteiger partial charge in [0.1, 0.15) is 5.75 Å². The Balaban J connectivity index is 1.58. The summed E-state index contributed by atoms with van der Waals surface area (Å²) < 4.78 is 6.71. The van der Waals surface area contributed by atoms with Crippen molar-refractivity contribution in [3.63, 3.8) is 0 Å². The van der Waals surface area contributed by atoms with Gasteiger partial charge in [0.05, 0.1) is 0 Å². The Morgan fingerprint density at radius 2 is 1.62 bits per heavy atom. The number of hydrogen-bond donors (Lipinski definition) is 1. The third kappa shape index (κ3) is 4.20. The zero-order valence-corrected chi connectivity index (χ0v) is 13.7. The third-order valence-corrected chi connectivity index (χ3v) is 4.06. The maximum atomic E-state index is 11.6. The van der Waals surface area contributed by atoms with Gasteiger partial charge in [-0.15, -0.1) is 0 Å². The van der Waals surface area contributed by atoms with Gasteiger partial charge in [0.2, 0.25) is 0 Å². The minimum atomic E-state index is -0.0424. The second-order valence-electron chi connectivity index (χ2n) is 5.16. The largest absolute Gasteiger partial charge is 0.484 e. The molecule has 21 heavy (non-hydrogen) atoms. The van der Waals surface area contributed by atoms with Gasteiger partial charge in [0, 0.05) is 9.61 Å². The number of hydrogen-bond acceptors (Lipinski definition) is 2. The summed E-state index contributed by atoms with van der Waals surface area (Å²) in [6, 6.07) is 16.6. The summed E-state index contributed by atoms with van der Waals surface area (Å²) in [5.41, 5.74) is 2.31. The summed E-state index contributed by atoms with van der Waals surface area (Å²) in [6.07, 6.45) is 2.19. The highest BCUT2D eigenvalue weighted by molar-refractivity contribution is 14.1. The van der Waals surface area contributed by atoms with Crippen molar-refractivity contribution < 1.29 is 9.53 Å². The third-order valence-electron chi connectivity index (χ3n) is 3.34. The highest BCUT2D eigenvalue weighted by atomic mass is 127. The Bertz CT molecular complexity index is 618. The summed E-state index contributed by atoms with van der Waals surface area (Å²) in [7, 11) is 0. The maximum absolute atomic E-state index is 11.6. The first-order chi connectivity index (χ1) is 10.2. The molecule has 0 saturated heterocycles. The van der Waals surface area contributed by atoms with Crippen molar-refractivity contribution >= 4 is 28.5 Å². The zero-order valence-electron chi connectivity index (χ0n) is 11.5. The van der Waals surface area contributed by atoms with Gasteiger partial charge in [-0.3, -0.25) is 4.79 Å². The highest BCUT2D eigenvalue weighted by Gasteiger charge is 2.23. The standard InChI is InChI=1S/C17H16INO2/c18-14-5-1-12(2-6-14)13-3-9-16(10-4-13)21-11-17(20)19-15-7-8-15/h1-6,9-10,15H,7-8,11H2,(H,19,20). The highest BCUT2D eigenvalue weighted by Crippen LogP contribution is 2.23. The van der Waals surface area contributed by atoms with Gasteiger partial charge < -0.3 is 10.1 Å². The molecule has 1 aliphatic carbocycles. The molecule has 2 aromatic rings. The van der Waals surface area contributed by atoms with Crippen LogP contribution in [0.25, 0.3) is 11.1 Å². The van der Waals surface area contributed by atoms with E-state index in [9.17, 15) is 4.79 Å². The topological polar surface area (TPSA) is 38.3 Å². The molecule has 3 rings (SSSR count). The molecule has 0 aliphatic heterocycles. The van der Waals surface area contributed by atoms with Crippen LogP contribution in [0.2, 0.25) is 0 Å². The maximum Gasteiger partial charge on any atom is 0.258 e. The van der Waals surface area contributed by atoms with E-state index in [4.69, 9.17) is 4.74 Å². The van der Waals surface area contributed by atoms with Gasteiger partial charge in [-0.05, 0) is 70.8 Å². The SMILES string of the molecule is O=C(COc1ccc(-c2ccc(I)cc2)cc1)NC1CC1. The van der Waals surface area contributed by atoms with Crippen LogP contribution in [-0.2, 0) is 4.79 Å². The van der Waals surface area contributed by atoms with Gasteiger partial charge in [-0.2, -0.15) is 0 Å². The predicted molar refractivity (Wildman–Crippen MR) is 91.3 cm³/mol. The fourth-order valence-electron chi connectivity index (χ4n) is 2.03. The van der Waals surface area contributed by atoms with Gasteiger partial charge in [-0.25, -0.2) is 0 Å². The van der Waals surface area contributed by atoms with E-state index >= 15 is 0 Å². The lowest BCUT2D eigenvalue weighted by Gasteiger charge is -2.08. The Kier molecular flexibility index (Phi) is 4.43. The van der Waals surface area contributed by atoms with Crippen molar-refractivity contribution in [2.24, 2.45) is 0 Å². The summed E-state index contributed by atoms with van der Waals surface area (Å²) in [6.45, 7) is 0.0827. The number of carbonyl (C=O) groups is 1. The normalized spacial score (nSPS) is 13.8. The molecule has 0 unspecified atom stereocenters. The predicted octanol–water partition coefficient (Wildman–Crippen LogP) is 3.62. The Morgan fingerprint density at radius 3 is 2.19 bits per heavy atom. The van der Waals surface area contributed by atoms with Crippen molar-refractivity contribution in [3.05, 3.63) is 52.1 Å². The molecule has 1 fully saturated rings. The van der Waals surface area contributed by atoms with Crippen LogP contribution >= 0.6 is 22.6 Å². The minimum Gasteiger partial charge on any atom is -0.484 e. The number of amides is 1. The lowest BCUT2D eigenvalue weighted by molar-refractivity contribution is -0.123. The average molecular weight is 393 g/mol. The molecule has 1 aliphatic rings. The average Bonchev–Trinajstić information content (AvgIpc) is 3.30. The number of rotatable bonds is 5. The van der Waals surface area contributed by atoms with Crippen molar-refractivity contribution in [2.45, 2.75) is 18.9 Å². The Morgan fingerprint density at radius 1 is 1.05 bits per heavy atom. The molecule has 4 heteroatoms. The lowest BCUT2D eigenvalue weighted by atomic mass is 10.1. The molecule has 108 valence electrons. The fraction of sp³-hybridized carbons (Fsp3) is 0.235. The monoisotopic (exact) mass is 393 g/mol. The quantitative estimate of drug-likeness (QED) is 0.789. The molecule has 1 amide bonds. The summed E-state index contributed by atoms with van der Waals surface area (Å²) in [4.78, 5) is 11.6. The molecule has 0 bridgehead atoms. The van der Waals surface area contributed by atoms with Crippen molar-refractivity contribution in [1.29, 1.82) is 0 Å². The van der Waals surface area contributed by atoms with Crippen molar-refractivity contribution in [1.82, 2.24) is 5.32 Å². The van der Waals surface area contributed by atoms with E-state index in [2.05, 4.69) is 52.2 Å².